The number of likely N-dealkylation sites (N-methyl/N-ethyl adjacent to an activating group) is 1. The summed E-state index contributed by atoms with van der Waals surface area (Å²) in [4.78, 5) is 13.5. The van der Waals surface area contributed by atoms with Gasteiger partial charge in [0.1, 0.15) is 0 Å². The van der Waals surface area contributed by atoms with Gasteiger partial charge in [0.05, 0.1) is 6.61 Å². The van der Waals surface area contributed by atoms with Crippen molar-refractivity contribution < 1.29 is 5.11 Å². The molecule has 100 valence electrons. The maximum Gasteiger partial charge on any atom is 0.225 e. The number of aliphatic hydroxyl groups excluding tert-OH is 1. The van der Waals surface area contributed by atoms with Gasteiger partial charge in [-0.15, -0.1) is 0 Å². The lowest BCUT2D eigenvalue weighted by Gasteiger charge is -2.42. The molecular formula is C13H22N4O. The van der Waals surface area contributed by atoms with Crippen molar-refractivity contribution in [1.82, 2.24) is 14.9 Å². The Morgan fingerprint density at radius 3 is 2.44 bits per heavy atom. The Hall–Kier alpha value is -1.20. The minimum atomic E-state index is 0.00164. The van der Waals surface area contributed by atoms with E-state index in [2.05, 4.69) is 40.7 Å². The minimum absolute atomic E-state index is 0.00164. The number of piperazine rings is 1. The first-order chi connectivity index (χ1) is 8.52. The largest absolute Gasteiger partial charge is 0.392 e. The van der Waals surface area contributed by atoms with Gasteiger partial charge in [-0.2, -0.15) is 0 Å². The van der Waals surface area contributed by atoms with Crippen LogP contribution in [-0.4, -0.2) is 52.2 Å². The normalized spacial score (nSPS) is 25.5. The van der Waals surface area contributed by atoms with E-state index in [1.807, 2.05) is 6.92 Å². The molecule has 1 aliphatic rings. The molecule has 1 aliphatic heterocycles. The number of rotatable bonds is 2. The zero-order valence-corrected chi connectivity index (χ0v) is 11.6. The summed E-state index contributed by atoms with van der Waals surface area (Å²) in [6.45, 7) is 8.24. The molecule has 0 aromatic carbocycles. The van der Waals surface area contributed by atoms with Crippen LogP contribution in [0.15, 0.2) is 6.20 Å². The molecule has 0 saturated carbocycles. The van der Waals surface area contributed by atoms with Crippen molar-refractivity contribution in [1.29, 1.82) is 0 Å². The number of aromatic nitrogens is 2. The van der Waals surface area contributed by atoms with E-state index in [4.69, 9.17) is 5.11 Å². The summed E-state index contributed by atoms with van der Waals surface area (Å²) in [6, 6.07) is 0.991. The molecule has 1 saturated heterocycles. The molecule has 1 fully saturated rings. The van der Waals surface area contributed by atoms with Gasteiger partial charge in [0.25, 0.3) is 0 Å². The highest BCUT2D eigenvalue weighted by atomic mass is 16.3. The first kappa shape index (κ1) is 13.2. The molecular weight excluding hydrogens is 228 g/mol. The second kappa shape index (κ2) is 5.20. The fourth-order valence-electron chi connectivity index (χ4n) is 2.36. The Labute approximate surface area is 108 Å². The number of aryl methyl sites for hydroxylation is 1. The van der Waals surface area contributed by atoms with E-state index in [9.17, 15) is 0 Å². The van der Waals surface area contributed by atoms with Gasteiger partial charge in [0, 0.05) is 42.6 Å². The van der Waals surface area contributed by atoms with Crippen molar-refractivity contribution >= 4 is 5.95 Å². The monoisotopic (exact) mass is 250 g/mol. The molecule has 2 rings (SSSR count). The lowest BCUT2D eigenvalue weighted by molar-refractivity contribution is 0.169. The predicted octanol–water partition coefficient (Wildman–Crippen LogP) is 0.806. The molecule has 0 amide bonds. The van der Waals surface area contributed by atoms with E-state index in [0.717, 1.165) is 30.3 Å². The summed E-state index contributed by atoms with van der Waals surface area (Å²) in [5, 5.41) is 9.14. The molecule has 0 bridgehead atoms. The topological polar surface area (TPSA) is 52.5 Å². The highest BCUT2D eigenvalue weighted by Crippen LogP contribution is 2.19. The van der Waals surface area contributed by atoms with Gasteiger partial charge in [-0.05, 0) is 27.8 Å². The van der Waals surface area contributed by atoms with Gasteiger partial charge in [0.15, 0.2) is 0 Å². The molecule has 18 heavy (non-hydrogen) atoms. The highest BCUT2D eigenvalue weighted by molar-refractivity contribution is 5.34. The van der Waals surface area contributed by atoms with E-state index in [-0.39, 0.29) is 6.61 Å². The minimum Gasteiger partial charge on any atom is -0.392 e. The van der Waals surface area contributed by atoms with Crippen LogP contribution in [0.5, 0.6) is 0 Å². The lowest BCUT2D eigenvalue weighted by atomic mass is 10.1. The Morgan fingerprint density at radius 1 is 1.33 bits per heavy atom. The van der Waals surface area contributed by atoms with Crippen LogP contribution in [0.25, 0.3) is 0 Å². The van der Waals surface area contributed by atoms with Crippen molar-refractivity contribution in [3.8, 4) is 0 Å². The summed E-state index contributed by atoms with van der Waals surface area (Å²) >= 11 is 0. The van der Waals surface area contributed by atoms with Crippen molar-refractivity contribution in [3.05, 3.63) is 17.5 Å². The molecule has 2 heterocycles. The Kier molecular flexibility index (Phi) is 3.82. The van der Waals surface area contributed by atoms with E-state index in [1.54, 1.807) is 6.20 Å². The van der Waals surface area contributed by atoms with Crippen molar-refractivity contribution in [2.45, 2.75) is 39.5 Å². The number of aliphatic hydroxyl groups is 1. The molecule has 0 spiro atoms. The van der Waals surface area contributed by atoms with E-state index >= 15 is 0 Å². The Morgan fingerprint density at radius 2 is 1.94 bits per heavy atom. The number of hydrogen-bond donors (Lipinski definition) is 1. The maximum absolute atomic E-state index is 9.14. The van der Waals surface area contributed by atoms with Gasteiger partial charge in [-0.25, -0.2) is 9.97 Å². The van der Waals surface area contributed by atoms with Gasteiger partial charge >= 0.3 is 0 Å². The van der Waals surface area contributed by atoms with Gasteiger partial charge in [-0.1, -0.05) is 0 Å². The van der Waals surface area contributed by atoms with Gasteiger partial charge in [0.2, 0.25) is 5.95 Å². The molecule has 5 nitrogen and oxygen atoms in total. The third-order valence-corrected chi connectivity index (χ3v) is 3.88. The lowest BCUT2D eigenvalue weighted by Crippen LogP contribution is -2.55. The van der Waals surface area contributed by atoms with Crippen molar-refractivity contribution in [2.24, 2.45) is 0 Å². The van der Waals surface area contributed by atoms with Crippen LogP contribution >= 0.6 is 0 Å². The third-order valence-electron chi connectivity index (χ3n) is 3.88. The number of nitrogens with zero attached hydrogens (tertiary/aromatic N) is 4. The van der Waals surface area contributed by atoms with Crippen LogP contribution in [0, 0.1) is 6.92 Å². The third kappa shape index (κ3) is 2.47. The van der Waals surface area contributed by atoms with Crippen molar-refractivity contribution in [2.75, 3.05) is 25.0 Å². The van der Waals surface area contributed by atoms with Crippen LogP contribution in [0.1, 0.15) is 25.1 Å². The first-order valence-corrected chi connectivity index (χ1v) is 6.43. The van der Waals surface area contributed by atoms with Crippen LogP contribution in [0.3, 0.4) is 0 Å². The molecule has 1 N–H and O–H groups in total. The molecule has 2 unspecified atom stereocenters. The highest BCUT2D eigenvalue weighted by Gasteiger charge is 2.27. The molecule has 0 aliphatic carbocycles. The van der Waals surface area contributed by atoms with Crippen molar-refractivity contribution in [3.63, 3.8) is 0 Å². The number of hydrogen-bond acceptors (Lipinski definition) is 5. The smallest absolute Gasteiger partial charge is 0.225 e. The fourth-order valence-corrected chi connectivity index (χ4v) is 2.36. The van der Waals surface area contributed by atoms with E-state index in [0.29, 0.717) is 12.1 Å². The zero-order valence-electron chi connectivity index (χ0n) is 11.6. The summed E-state index contributed by atoms with van der Waals surface area (Å²) in [5.41, 5.74) is 1.66. The predicted molar refractivity (Wildman–Crippen MR) is 71.6 cm³/mol. The standard InChI is InChI=1S/C13H22N4O/c1-9-6-17(7-10(2)16(9)4)13-14-5-12(8-18)11(3)15-13/h5,9-10,18H,6-8H2,1-4H3. The summed E-state index contributed by atoms with van der Waals surface area (Å²) in [5.74, 6) is 0.775. The maximum atomic E-state index is 9.14. The SMILES string of the molecule is Cc1nc(N2CC(C)N(C)C(C)C2)ncc1CO. The molecule has 5 heteroatoms. The Balaban J connectivity index is 2.19. The Bertz CT molecular complexity index is 411. The zero-order chi connectivity index (χ0) is 13.3. The molecule has 1 aromatic rings. The quantitative estimate of drug-likeness (QED) is 0.841. The fraction of sp³-hybridized carbons (Fsp3) is 0.692. The van der Waals surface area contributed by atoms with Gasteiger partial charge < -0.3 is 10.0 Å². The number of anilines is 1. The van der Waals surface area contributed by atoms with Crippen LogP contribution in [0.2, 0.25) is 0 Å². The summed E-state index contributed by atoms with van der Waals surface area (Å²) < 4.78 is 0. The first-order valence-electron chi connectivity index (χ1n) is 6.43. The van der Waals surface area contributed by atoms with E-state index < -0.39 is 0 Å². The average molecular weight is 250 g/mol. The second-order valence-electron chi connectivity index (χ2n) is 5.21. The van der Waals surface area contributed by atoms with Crippen LogP contribution < -0.4 is 4.90 Å². The van der Waals surface area contributed by atoms with Crippen LogP contribution in [0.4, 0.5) is 5.95 Å². The molecule has 2 atom stereocenters. The summed E-state index contributed by atoms with van der Waals surface area (Å²) in [7, 11) is 2.16. The van der Waals surface area contributed by atoms with Crippen LogP contribution in [-0.2, 0) is 6.61 Å². The summed E-state index contributed by atoms with van der Waals surface area (Å²) in [6.07, 6.45) is 1.73. The second-order valence-corrected chi connectivity index (χ2v) is 5.21. The molecule has 1 aromatic heterocycles. The average Bonchev–Trinajstić information content (AvgIpc) is 2.35. The van der Waals surface area contributed by atoms with Gasteiger partial charge in [-0.3, -0.25) is 4.90 Å². The molecule has 0 radical (unpaired) electrons. The van der Waals surface area contributed by atoms with E-state index in [1.165, 1.54) is 0 Å².